The van der Waals surface area contributed by atoms with Crippen LogP contribution in [0.5, 0.6) is 0 Å². The van der Waals surface area contributed by atoms with Crippen molar-refractivity contribution in [1.82, 2.24) is 24.8 Å². The number of amides is 1. The number of fused-ring (bicyclic) bond motifs is 3. The normalized spacial score (nSPS) is 14.3. The third-order valence-corrected chi connectivity index (χ3v) is 10.0. The highest BCUT2D eigenvalue weighted by Crippen LogP contribution is 2.34. The van der Waals surface area contributed by atoms with E-state index in [0.29, 0.717) is 131 Å². The number of rotatable bonds is 32. The Kier molecular flexibility index (Phi) is 23.1. The molecule has 0 aliphatic carbocycles. The first-order valence-electron chi connectivity index (χ1n) is 20.6. The molecule has 18 heteroatoms. The molecule has 4 heterocycles. The fourth-order valence-corrected chi connectivity index (χ4v) is 7.15. The van der Waals surface area contributed by atoms with E-state index in [1.807, 2.05) is 26.8 Å². The molecule has 1 aliphatic rings. The van der Waals surface area contributed by atoms with Crippen LogP contribution in [0.4, 0.5) is 10.6 Å². The molecule has 3 N–H and O–H groups in total. The highest BCUT2D eigenvalue weighted by atomic mass is 32.1. The van der Waals surface area contributed by atoms with Crippen molar-refractivity contribution in [3.8, 4) is 0 Å². The van der Waals surface area contributed by atoms with Gasteiger partial charge in [0.2, 0.25) is 0 Å². The van der Waals surface area contributed by atoms with Crippen LogP contribution in [0.2, 0.25) is 0 Å². The molecule has 1 aliphatic heterocycles. The first-order chi connectivity index (χ1) is 28.2. The van der Waals surface area contributed by atoms with Crippen LogP contribution in [-0.4, -0.2) is 177 Å². The number of piperidine rings is 1. The molecule has 0 atom stereocenters. The van der Waals surface area contributed by atoms with Crippen molar-refractivity contribution in [3.63, 3.8) is 0 Å². The fourth-order valence-electron chi connectivity index (χ4n) is 6.26. The summed E-state index contributed by atoms with van der Waals surface area (Å²) in [6.45, 7) is 18.5. The van der Waals surface area contributed by atoms with Crippen molar-refractivity contribution < 1.29 is 52.2 Å². The molecule has 1 fully saturated rings. The molecule has 0 bridgehead atoms. The number of nitrogen functional groups attached to an aromatic ring is 1. The number of thiophene rings is 1. The van der Waals surface area contributed by atoms with Crippen molar-refractivity contribution in [2.24, 2.45) is 5.92 Å². The van der Waals surface area contributed by atoms with Crippen molar-refractivity contribution >= 4 is 44.5 Å². The summed E-state index contributed by atoms with van der Waals surface area (Å²) in [5.74, 6) is 2.08. The number of alkyl carbamates (subject to hydrolysis) is 1. The van der Waals surface area contributed by atoms with E-state index in [9.17, 15) is 4.79 Å². The van der Waals surface area contributed by atoms with E-state index in [4.69, 9.17) is 58.1 Å². The Morgan fingerprint density at radius 1 is 0.776 bits per heavy atom. The molecule has 3 aromatic heterocycles. The summed E-state index contributed by atoms with van der Waals surface area (Å²) >= 11 is 1.70. The average molecular weight is 841 g/mol. The van der Waals surface area contributed by atoms with Gasteiger partial charge in [0.05, 0.1) is 128 Å². The van der Waals surface area contributed by atoms with Gasteiger partial charge in [0, 0.05) is 33.2 Å². The number of imidazole rings is 1. The second kappa shape index (κ2) is 27.9. The third-order valence-electron chi connectivity index (χ3n) is 9.14. The average Bonchev–Trinajstić information content (AvgIpc) is 3.81. The number of hydrogen-bond donors (Lipinski definition) is 2. The molecule has 0 radical (unpaired) electrons. The Bertz CT molecular complexity index is 1550. The second-order valence-corrected chi connectivity index (χ2v) is 15.7. The van der Waals surface area contributed by atoms with Crippen LogP contribution in [0.15, 0.2) is 11.4 Å². The first kappa shape index (κ1) is 47.9. The summed E-state index contributed by atoms with van der Waals surface area (Å²) in [5, 5.41) is 4.71. The van der Waals surface area contributed by atoms with Crippen molar-refractivity contribution in [2.75, 3.05) is 151 Å². The summed E-state index contributed by atoms with van der Waals surface area (Å²) in [6, 6.07) is 2.03. The smallest absolute Gasteiger partial charge is 0.407 e. The number of aromatic nitrogens is 3. The maximum atomic E-state index is 11.5. The number of methoxy groups -OCH3 is 1. The minimum Gasteiger partial charge on any atom is -0.444 e. The predicted octanol–water partition coefficient (Wildman–Crippen LogP) is 3.79. The van der Waals surface area contributed by atoms with Crippen LogP contribution < -0.4 is 11.1 Å². The number of carbonyl (C=O) groups excluding carboxylic acids is 1. The lowest BCUT2D eigenvalue weighted by atomic mass is 9.96. The van der Waals surface area contributed by atoms with Crippen molar-refractivity contribution in [2.45, 2.75) is 52.2 Å². The molecule has 3 aromatic rings. The molecule has 0 aromatic carbocycles. The van der Waals surface area contributed by atoms with Gasteiger partial charge in [-0.25, -0.2) is 14.8 Å². The van der Waals surface area contributed by atoms with E-state index in [0.717, 1.165) is 72.5 Å². The molecule has 1 saturated heterocycles. The maximum Gasteiger partial charge on any atom is 0.407 e. The highest BCUT2D eigenvalue weighted by Gasteiger charge is 2.24. The minimum atomic E-state index is -0.514. The van der Waals surface area contributed by atoms with Gasteiger partial charge in [0.1, 0.15) is 16.9 Å². The Morgan fingerprint density at radius 3 is 1.81 bits per heavy atom. The molecule has 58 heavy (non-hydrogen) atoms. The van der Waals surface area contributed by atoms with Crippen LogP contribution in [0.25, 0.3) is 21.3 Å². The van der Waals surface area contributed by atoms with E-state index >= 15 is 0 Å². The molecule has 0 saturated carbocycles. The van der Waals surface area contributed by atoms with Gasteiger partial charge in [-0.2, -0.15) is 0 Å². The van der Waals surface area contributed by atoms with Gasteiger partial charge in [0.25, 0.3) is 0 Å². The SMILES string of the molecule is COCCc1nc2c(N)nc3ccsc3c2n1CC1CCN(CCOCCOCCOCCOCCOCCOCCOCCOCCNC(=O)OC(C)(C)C)CC1. The highest BCUT2D eigenvalue weighted by molar-refractivity contribution is 7.18. The number of nitrogens with one attached hydrogen (secondary N) is 1. The van der Waals surface area contributed by atoms with Crippen LogP contribution in [0.3, 0.4) is 0 Å². The topological polar surface area (TPSA) is 181 Å². The van der Waals surface area contributed by atoms with E-state index in [1.165, 1.54) is 0 Å². The molecule has 17 nitrogen and oxygen atoms in total. The van der Waals surface area contributed by atoms with E-state index in [-0.39, 0.29) is 0 Å². The van der Waals surface area contributed by atoms with E-state index in [1.54, 1.807) is 18.4 Å². The molecular formula is C40H68N6O11S. The maximum absolute atomic E-state index is 11.5. The lowest BCUT2D eigenvalue weighted by Gasteiger charge is -2.32. The summed E-state index contributed by atoms with van der Waals surface area (Å²) in [6.07, 6.45) is 2.56. The lowest BCUT2D eigenvalue weighted by molar-refractivity contribution is -0.0235. The van der Waals surface area contributed by atoms with Gasteiger partial charge >= 0.3 is 6.09 Å². The lowest BCUT2D eigenvalue weighted by Crippen LogP contribution is -2.37. The zero-order valence-corrected chi connectivity index (χ0v) is 36.0. The van der Waals surface area contributed by atoms with Crippen LogP contribution in [0, 0.1) is 5.92 Å². The Morgan fingerprint density at radius 2 is 1.29 bits per heavy atom. The largest absolute Gasteiger partial charge is 0.444 e. The van der Waals surface area contributed by atoms with Crippen LogP contribution in [0.1, 0.15) is 39.4 Å². The van der Waals surface area contributed by atoms with E-state index in [2.05, 4.69) is 25.1 Å². The monoisotopic (exact) mass is 840 g/mol. The number of anilines is 1. The summed E-state index contributed by atoms with van der Waals surface area (Å²) in [4.78, 5) is 23.5. The van der Waals surface area contributed by atoms with E-state index < -0.39 is 11.7 Å². The molecule has 1 amide bonds. The molecule has 4 rings (SSSR count). The predicted molar refractivity (Wildman–Crippen MR) is 223 cm³/mol. The number of likely N-dealkylation sites (tertiary alicyclic amines) is 1. The van der Waals surface area contributed by atoms with Gasteiger partial charge in [-0.1, -0.05) is 0 Å². The summed E-state index contributed by atoms with van der Waals surface area (Å²) < 4.78 is 58.6. The molecule has 0 spiro atoms. The zero-order valence-electron chi connectivity index (χ0n) is 35.2. The molecule has 0 unspecified atom stereocenters. The third kappa shape index (κ3) is 18.7. The van der Waals surface area contributed by atoms with Gasteiger partial charge < -0.3 is 67.9 Å². The number of ether oxygens (including phenoxy) is 10. The molecule has 330 valence electrons. The van der Waals surface area contributed by atoms with Crippen molar-refractivity contribution in [1.29, 1.82) is 0 Å². The number of nitrogens with zero attached hydrogens (tertiary/aromatic N) is 4. The van der Waals surface area contributed by atoms with Gasteiger partial charge in [-0.15, -0.1) is 11.3 Å². The number of hydrogen-bond acceptors (Lipinski definition) is 16. The Hall–Kier alpha value is -2.75. The van der Waals surface area contributed by atoms with Crippen molar-refractivity contribution in [3.05, 3.63) is 17.3 Å². The summed E-state index contributed by atoms with van der Waals surface area (Å²) in [5.41, 5.74) is 8.69. The number of carbonyl (C=O) groups is 1. The Labute approximate surface area is 347 Å². The van der Waals surface area contributed by atoms with Crippen LogP contribution >= 0.6 is 11.3 Å². The van der Waals surface area contributed by atoms with Crippen LogP contribution in [-0.2, 0) is 60.3 Å². The van der Waals surface area contributed by atoms with Gasteiger partial charge in [-0.3, -0.25) is 0 Å². The fraction of sp³-hybridized carbons (Fsp3) is 0.775. The molecular weight excluding hydrogens is 773 g/mol. The summed E-state index contributed by atoms with van der Waals surface area (Å²) in [7, 11) is 1.73. The first-order valence-corrected chi connectivity index (χ1v) is 21.4. The second-order valence-electron chi connectivity index (χ2n) is 14.8. The zero-order chi connectivity index (χ0) is 41.3. The quantitative estimate of drug-likeness (QED) is 0.0867. The van der Waals surface area contributed by atoms with Gasteiger partial charge in [-0.05, 0) is 64.1 Å². The number of pyridine rings is 1. The minimum absolute atomic E-state index is 0.382. The standard InChI is InChI=1S/C40H68N6O11S/c1-40(2,3)57-39(47)42-9-14-49-16-18-51-20-22-53-24-26-55-28-29-56-27-25-54-23-21-52-19-17-50-15-12-45-10-5-32(6-11-45)31-46-34(7-13-48-4)44-35-36(46)37-33(8-30-58-37)43-38(35)41/h8,30,32H,5-7,9-29,31H2,1-4H3,(H2,41,43)(H,42,47). The number of nitrogens with two attached hydrogens (primary N) is 1. The van der Waals surface area contributed by atoms with Gasteiger partial charge in [0.15, 0.2) is 5.82 Å². The Balaban J connectivity index is 0.871.